The molecule has 0 spiro atoms. The largest absolute Gasteiger partial charge is 0.296 e. The van der Waals surface area contributed by atoms with Gasteiger partial charge < -0.3 is 0 Å². The Kier molecular flexibility index (Phi) is 5.32. The molecule has 222 valence electrons. The zero-order valence-corrected chi connectivity index (χ0v) is 25.5. The number of fused-ring (bicyclic) bond motifs is 4. The van der Waals surface area contributed by atoms with Crippen LogP contribution >= 0.6 is 0 Å². The Morgan fingerprint density at radius 2 is 1.04 bits per heavy atom. The number of aryl methyl sites for hydroxylation is 1. The number of imidazole rings is 1. The summed E-state index contributed by atoms with van der Waals surface area (Å²) in [5, 5.41) is 6.66. The summed E-state index contributed by atoms with van der Waals surface area (Å²) in [4.78, 5) is 4.49. The van der Waals surface area contributed by atoms with Crippen molar-refractivity contribution >= 4 is 43.4 Å². The van der Waals surface area contributed by atoms with Crippen molar-refractivity contribution < 1.29 is 6.85 Å². The van der Waals surface area contributed by atoms with Gasteiger partial charge in [0.2, 0.25) is 0 Å². The van der Waals surface area contributed by atoms with E-state index in [-0.39, 0.29) is 5.82 Å². The average Bonchev–Trinajstić information content (AvgIpc) is 3.57. The molecule has 9 rings (SSSR count). The van der Waals surface area contributed by atoms with Crippen LogP contribution in [0.3, 0.4) is 0 Å². The third-order valence-corrected chi connectivity index (χ3v) is 9.26. The predicted octanol–water partition coefficient (Wildman–Crippen LogP) is 12.0. The van der Waals surface area contributed by atoms with Gasteiger partial charge in [-0.15, -0.1) is 0 Å². The van der Waals surface area contributed by atoms with Crippen LogP contribution in [0.2, 0.25) is 0 Å². The van der Waals surface area contributed by atoms with Crippen LogP contribution in [0.4, 0.5) is 0 Å². The van der Waals surface area contributed by atoms with Crippen molar-refractivity contribution in [3.8, 4) is 39.1 Å². The molecule has 0 fully saturated rings. The van der Waals surface area contributed by atoms with Gasteiger partial charge in [-0.2, -0.15) is 0 Å². The lowest BCUT2D eigenvalue weighted by Gasteiger charge is -2.18. The highest BCUT2D eigenvalue weighted by molar-refractivity contribution is 6.21. The first-order valence-corrected chi connectivity index (χ1v) is 15.8. The number of aromatic nitrogens is 2. The van der Waals surface area contributed by atoms with Gasteiger partial charge in [0.05, 0.1) is 11.0 Å². The molecular formula is C45H32N2. The Labute approximate surface area is 281 Å². The summed E-state index contributed by atoms with van der Waals surface area (Å²) in [6, 6.07) is 56.2. The molecule has 1 heterocycles. The van der Waals surface area contributed by atoms with E-state index in [1.54, 1.807) is 10.6 Å². The maximum absolute atomic E-state index is 8.60. The molecule has 8 aromatic carbocycles. The number of hydrogen-bond acceptors (Lipinski definition) is 1. The zero-order valence-electron chi connectivity index (χ0n) is 30.5. The normalized spacial score (nSPS) is 13.7. The molecule has 0 bridgehead atoms. The van der Waals surface area contributed by atoms with Crippen LogP contribution in [-0.2, 0) is 6.37 Å². The molecule has 0 unspecified atom stereocenters. The minimum atomic E-state index is -2.90. The molecule has 0 aliphatic rings. The first kappa shape index (κ1) is 22.5. The average molecular weight is 606 g/mol. The standard InChI is InChI=1S/C45H32N2/c1-2-43-46-41-18-10-11-19-42(41)47(43)36-27-26-33-28-35(25-24-34(33)29-36)45-39-16-8-6-14-37(39)44(38-15-7-9-17-40(38)45)32-22-20-31(21-23-32)30-12-4-3-5-13-30/h3-29H,2H2,1H3/i1D3,2D2. The molecular weight excluding hydrogens is 569 g/mol. The van der Waals surface area contributed by atoms with Crippen LogP contribution < -0.4 is 0 Å². The van der Waals surface area contributed by atoms with Crippen molar-refractivity contribution in [1.29, 1.82) is 0 Å². The molecule has 1 aromatic heterocycles. The van der Waals surface area contributed by atoms with Gasteiger partial charge in [0.25, 0.3) is 0 Å². The van der Waals surface area contributed by atoms with E-state index in [4.69, 9.17) is 6.85 Å². The highest BCUT2D eigenvalue weighted by Crippen LogP contribution is 2.44. The van der Waals surface area contributed by atoms with E-state index in [1.807, 2.05) is 42.5 Å². The molecule has 0 amide bonds. The lowest BCUT2D eigenvalue weighted by molar-refractivity contribution is 0.909. The number of nitrogens with zero attached hydrogens (tertiary/aromatic N) is 2. The van der Waals surface area contributed by atoms with Crippen LogP contribution in [0, 0.1) is 0 Å². The Morgan fingerprint density at radius 1 is 0.511 bits per heavy atom. The molecule has 0 saturated heterocycles. The van der Waals surface area contributed by atoms with Crippen LogP contribution in [-0.4, -0.2) is 9.55 Å². The van der Waals surface area contributed by atoms with E-state index in [2.05, 4.69) is 120 Å². The summed E-state index contributed by atoms with van der Waals surface area (Å²) < 4.78 is 42.7. The van der Waals surface area contributed by atoms with Crippen LogP contribution in [0.1, 0.15) is 19.5 Å². The summed E-state index contributed by atoms with van der Waals surface area (Å²) in [5.74, 6) is -0.141. The summed E-state index contributed by atoms with van der Waals surface area (Å²) in [5.41, 5.74) is 8.83. The van der Waals surface area contributed by atoms with E-state index in [0.717, 1.165) is 21.9 Å². The molecule has 9 aromatic rings. The Morgan fingerprint density at radius 3 is 1.74 bits per heavy atom. The Balaban J connectivity index is 1.20. The monoisotopic (exact) mass is 605 g/mol. The molecule has 0 aliphatic carbocycles. The van der Waals surface area contributed by atoms with Crippen molar-refractivity contribution in [2.24, 2.45) is 0 Å². The molecule has 0 N–H and O–H groups in total. The topological polar surface area (TPSA) is 17.8 Å². The zero-order chi connectivity index (χ0) is 35.6. The third kappa shape index (κ3) is 4.53. The van der Waals surface area contributed by atoms with Gasteiger partial charge in [-0.3, -0.25) is 4.57 Å². The number of benzene rings is 8. The van der Waals surface area contributed by atoms with Gasteiger partial charge in [0, 0.05) is 18.9 Å². The Bertz CT molecular complexity index is 2740. The molecule has 2 nitrogen and oxygen atoms in total. The lowest BCUT2D eigenvalue weighted by atomic mass is 9.85. The lowest BCUT2D eigenvalue weighted by Crippen LogP contribution is -2.00. The van der Waals surface area contributed by atoms with Crippen molar-refractivity contribution in [2.75, 3.05) is 0 Å². The predicted molar refractivity (Wildman–Crippen MR) is 199 cm³/mol. The fourth-order valence-corrected chi connectivity index (χ4v) is 7.11. The molecule has 0 aliphatic heterocycles. The highest BCUT2D eigenvalue weighted by atomic mass is 15.1. The third-order valence-electron chi connectivity index (χ3n) is 9.26. The number of para-hydroxylation sites is 2. The van der Waals surface area contributed by atoms with Crippen molar-refractivity contribution in [1.82, 2.24) is 9.55 Å². The second-order valence-corrected chi connectivity index (χ2v) is 11.9. The van der Waals surface area contributed by atoms with E-state index in [1.165, 1.54) is 43.8 Å². The van der Waals surface area contributed by atoms with Gasteiger partial charge in [-0.25, -0.2) is 4.98 Å². The summed E-state index contributed by atoms with van der Waals surface area (Å²) in [7, 11) is 0. The van der Waals surface area contributed by atoms with Crippen molar-refractivity contribution in [2.45, 2.75) is 13.2 Å². The van der Waals surface area contributed by atoms with Gasteiger partial charge in [0.1, 0.15) is 5.82 Å². The van der Waals surface area contributed by atoms with E-state index in [0.29, 0.717) is 16.7 Å². The maximum atomic E-state index is 8.60. The smallest absolute Gasteiger partial charge is 0.114 e. The second-order valence-electron chi connectivity index (χ2n) is 11.9. The molecule has 0 atom stereocenters. The van der Waals surface area contributed by atoms with Crippen molar-refractivity contribution in [3.63, 3.8) is 0 Å². The summed E-state index contributed by atoms with van der Waals surface area (Å²) >= 11 is 0. The molecule has 2 heteroatoms. The quantitative estimate of drug-likeness (QED) is 0.178. The molecule has 47 heavy (non-hydrogen) atoms. The summed E-state index contributed by atoms with van der Waals surface area (Å²) in [6.45, 7) is -2.90. The summed E-state index contributed by atoms with van der Waals surface area (Å²) in [6.07, 6.45) is -2.66. The number of hydrogen-bond donors (Lipinski definition) is 0. The first-order chi connectivity index (χ1) is 25.2. The van der Waals surface area contributed by atoms with E-state index < -0.39 is 13.2 Å². The SMILES string of the molecule is [2H]C([2H])([2H])C([2H])([2H])c1nc2ccccc2n1-c1ccc2cc(-c3c4ccccc4c(-c4ccc(-c5ccccc5)cc4)c4ccccc34)ccc2c1. The first-order valence-electron chi connectivity index (χ1n) is 18.3. The highest BCUT2D eigenvalue weighted by Gasteiger charge is 2.17. The second kappa shape index (κ2) is 11.1. The molecule has 0 radical (unpaired) electrons. The van der Waals surface area contributed by atoms with Gasteiger partial charge in [-0.1, -0.05) is 140 Å². The van der Waals surface area contributed by atoms with Crippen LogP contribution in [0.15, 0.2) is 164 Å². The maximum Gasteiger partial charge on any atom is 0.114 e. The van der Waals surface area contributed by atoms with Crippen LogP contribution in [0.5, 0.6) is 0 Å². The number of rotatable bonds is 5. The van der Waals surface area contributed by atoms with Crippen LogP contribution in [0.25, 0.3) is 82.4 Å². The van der Waals surface area contributed by atoms with Crippen molar-refractivity contribution in [3.05, 3.63) is 170 Å². The minimum absolute atomic E-state index is 0.141. The van der Waals surface area contributed by atoms with Gasteiger partial charge in [-0.05, 0) is 96.0 Å². The van der Waals surface area contributed by atoms with E-state index >= 15 is 0 Å². The van der Waals surface area contributed by atoms with Gasteiger partial charge in [0.15, 0.2) is 0 Å². The molecule has 0 saturated carbocycles. The van der Waals surface area contributed by atoms with E-state index in [9.17, 15) is 0 Å². The minimum Gasteiger partial charge on any atom is -0.296 e. The fraction of sp³-hybridized carbons (Fsp3) is 0.0444. The fourth-order valence-electron chi connectivity index (χ4n) is 7.11. The van der Waals surface area contributed by atoms with Gasteiger partial charge >= 0.3 is 0 Å². The Hall–Kier alpha value is -5.99.